The lowest BCUT2D eigenvalue weighted by Gasteiger charge is -2.10. The summed E-state index contributed by atoms with van der Waals surface area (Å²) in [6, 6.07) is 47.4. The van der Waals surface area contributed by atoms with Gasteiger partial charge < -0.3 is 4.57 Å². The zero-order chi connectivity index (χ0) is 25.9. The molecule has 1 nitrogen and oxygen atoms in total. The molecule has 0 N–H and O–H groups in total. The molecule has 0 atom stereocenters. The summed E-state index contributed by atoms with van der Waals surface area (Å²) in [6.07, 6.45) is 0. The highest BCUT2D eigenvalue weighted by atomic mass is 32.1. The summed E-state index contributed by atoms with van der Waals surface area (Å²) in [5, 5.41) is 10.6. The fraction of sp³-hybridized carbons (Fsp3) is 0. The second-order valence-electron chi connectivity index (χ2n) is 10.9. The number of hydrogen-bond acceptors (Lipinski definition) is 1. The molecule has 9 aromatic rings. The largest absolute Gasteiger partial charge is 0.309 e. The maximum atomic E-state index is 2.51. The highest BCUT2D eigenvalue weighted by Gasteiger charge is 2.26. The molecule has 0 aliphatic heterocycles. The number of hydrogen-bond donors (Lipinski definition) is 0. The molecule has 2 heteroatoms. The van der Waals surface area contributed by atoms with Crippen molar-refractivity contribution in [3.63, 3.8) is 0 Å². The monoisotopic (exact) mass is 523 g/mol. The van der Waals surface area contributed by atoms with Crippen LogP contribution < -0.4 is 0 Å². The van der Waals surface area contributed by atoms with Gasteiger partial charge in [0.25, 0.3) is 0 Å². The van der Waals surface area contributed by atoms with Crippen molar-refractivity contribution in [2.45, 2.75) is 0 Å². The molecule has 0 bridgehead atoms. The molecule has 0 amide bonds. The first-order valence-corrected chi connectivity index (χ1v) is 14.6. The molecule has 0 saturated heterocycles. The SMILES string of the molecule is c1ccc2c(c1)-c1cccc3c1c-2cc1c3c2c3ccccc3ccc2n1-c1ccc2sc3ccccc3c2c1. The van der Waals surface area contributed by atoms with Gasteiger partial charge in [0.2, 0.25) is 0 Å². The minimum atomic E-state index is 1.21. The van der Waals surface area contributed by atoms with Gasteiger partial charge in [0.1, 0.15) is 0 Å². The van der Waals surface area contributed by atoms with Crippen LogP contribution in [0.25, 0.3) is 91.5 Å². The van der Waals surface area contributed by atoms with Crippen molar-refractivity contribution in [1.82, 2.24) is 4.57 Å². The molecule has 0 fully saturated rings. The zero-order valence-electron chi connectivity index (χ0n) is 21.5. The lowest BCUT2D eigenvalue weighted by molar-refractivity contribution is 1.19. The Kier molecular flexibility index (Phi) is 3.87. The van der Waals surface area contributed by atoms with E-state index in [-0.39, 0.29) is 0 Å². The molecular weight excluding hydrogens is 502 g/mol. The van der Waals surface area contributed by atoms with Crippen molar-refractivity contribution in [3.8, 4) is 27.9 Å². The Morgan fingerprint density at radius 2 is 1.10 bits per heavy atom. The molecule has 0 unspecified atom stereocenters. The van der Waals surface area contributed by atoms with E-state index in [1.54, 1.807) is 0 Å². The summed E-state index contributed by atoms with van der Waals surface area (Å²) >= 11 is 1.87. The van der Waals surface area contributed by atoms with Gasteiger partial charge in [-0.1, -0.05) is 91.0 Å². The molecule has 1 aliphatic rings. The van der Waals surface area contributed by atoms with Crippen LogP contribution in [0.3, 0.4) is 0 Å². The Bertz CT molecular complexity index is 2540. The lowest BCUT2D eigenvalue weighted by atomic mass is 9.96. The van der Waals surface area contributed by atoms with Crippen LogP contribution in [0.2, 0.25) is 0 Å². The van der Waals surface area contributed by atoms with Crippen LogP contribution in [-0.4, -0.2) is 4.57 Å². The van der Waals surface area contributed by atoms with Gasteiger partial charge in [0.05, 0.1) is 11.0 Å². The number of rotatable bonds is 1. The Morgan fingerprint density at radius 3 is 2.02 bits per heavy atom. The fourth-order valence-electron chi connectivity index (χ4n) is 7.27. The number of nitrogens with zero attached hydrogens (tertiary/aromatic N) is 1. The molecule has 40 heavy (non-hydrogen) atoms. The highest BCUT2D eigenvalue weighted by Crippen LogP contribution is 2.52. The normalized spacial score (nSPS) is 12.5. The van der Waals surface area contributed by atoms with Crippen LogP contribution >= 0.6 is 11.3 Å². The smallest absolute Gasteiger partial charge is 0.0553 e. The van der Waals surface area contributed by atoms with Gasteiger partial charge in [-0.25, -0.2) is 0 Å². The molecule has 0 spiro atoms. The molecular formula is C38H21NS. The van der Waals surface area contributed by atoms with Crippen molar-refractivity contribution in [2.75, 3.05) is 0 Å². The van der Waals surface area contributed by atoms with Crippen molar-refractivity contribution >= 4 is 74.9 Å². The van der Waals surface area contributed by atoms with Gasteiger partial charge in [-0.05, 0) is 80.2 Å². The van der Waals surface area contributed by atoms with Crippen molar-refractivity contribution < 1.29 is 0 Å². The van der Waals surface area contributed by atoms with Gasteiger partial charge in [-0.3, -0.25) is 0 Å². The quantitative estimate of drug-likeness (QED) is 0.202. The molecule has 184 valence electrons. The summed E-state index contributed by atoms with van der Waals surface area (Å²) in [5.74, 6) is 0. The summed E-state index contributed by atoms with van der Waals surface area (Å²) in [5.41, 5.74) is 9.08. The van der Waals surface area contributed by atoms with Crippen LogP contribution in [-0.2, 0) is 0 Å². The first kappa shape index (κ1) is 21.0. The zero-order valence-corrected chi connectivity index (χ0v) is 22.3. The lowest BCUT2D eigenvalue weighted by Crippen LogP contribution is -1.94. The van der Waals surface area contributed by atoms with Crippen LogP contribution in [0, 0.1) is 0 Å². The third kappa shape index (κ3) is 2.53. The van der Waals surface area contributed by atoms with Crippen molar-refractivity contribution in [2.24, 2.45) is 0 Å². The third-order valence-corrected chi connectivity index (χ3v) is 10.1. The number of fused-ring (bicyclic) bond motifs is 12. The van der Waals surface area contributed by atoms with Gasteiger partial charge in [-0.15, -0.1) is 11.3 Å². The van der Waals surface area contributed by atoms with E-state index in [4.69, 9.17) is 0 Å². The minimum Gasteiger partial charge on any atom is -0.309 e. The van der Waals surface area contributed by atoms with E-state index < -0.39 is 0 Å². The standard InChI is InChI=1S/C38H21NS/c1-2-9-24-22(8-1)16-18-32-37(24)38-29-14-7-13-28-25-10-3-4-11-26(25)31(36(28)29)21-33(38)39(32)23-17-19-35-30(20-23)27-12-5-6-15-34(27)40-35/h1-21H. The van der Waals surface area contributed by atoms with Crippen LogP contribution in [0.5, 0.6) is 0 Å². The van der Waals surface area contributed by atoms with Crippen molar-refractivity contribution in [1.29, 1.82) is 0 Å². The first-order valence-electron chi connectivity index (χ1n) is 13.8. The Morgan fingerprint density at radius 1 is 0.400 bits per heavy atom. The minimum absolute atomic E-state index is 1.21. The number of aromatic nitrogens is 1. The van der Waals surface area contributed by atoms with Crippen molar-refractivity contribution in [3.05, 3.63) is 127 Å². The highest BCUT2D eigenvalue weighted by molar-refractivity contribution is 7.25. The number of benzene rings is 7. The Hall–Kier alpha value is -4.92. The number of thiophene rings is 1. The first-order chi connectivity index (χ1) is 19.8. The summed E-state index contributed by atoms with van der Waals surface area (Å²) in [6.45, 7) is 0. The van der Waals surface area contributed by atoms with Gasteiger partial charge in [0, 0.05) is 36.6 Å². The van der Waals surface area contributed by atoms with Crippen LogP contribution in [0.4, 0.5) is 0 Å². The molecule has 10 rings (SSSR count). The summed E-state index contributed by atoms with van der Waals surface area (Å²) in [7, 11) is 0. The van der Waals surface area contributed by atoms with E-state index in [0.717, 1.165) is 0 Å². The van der Waals surface area contributed by atoms with Gasteiger partial charge >= 0.3 is 0 Å². The van der Waals surface area contributed by atoms with Gasteiger partial charge in [-0.2, -0.15) is 0 Å². The van der Waals surface area contributed by atoms with E-state index in [0.29, 0.717) is 0 Å². The molecule has 7 aromatic carbocycles. The fourth-order valence-corrected chi connectivity index (χ4v) is 8.36. The molecule has 0 saturated carbocycles. The Balaban J connectivity index is 1.44. The van der Waals surface area contributed by atoms with Gasteiger partial charge in [0.15, 0.2) is 0 Å². The van der Waals surface area contributed by atoms with E-state index in [9.17, 15) is 0 Å². The second-order valence-corrected chi connectivity index (χ2v) is 12.0. The predicted octanol–water partition coefficient (Wildman–Crippen LogP) is 11.1. The van der Waals surface area contributed by atoms with E-state index in [1.807, 2.05) is 11.3 Å². The maximum absolute atomic E-state index is 2.51. The van der Waals surface area contributed by atoms with Crippen LogP contribution in [0.1, 0.15) is 0 Å². The summed E-state index contributed by atoms with van der Waals surface area (Å²) < 4.78 is 5.18. The summed E-state index contributed by atoms with van der Waals surface area (Å²) in [4.78, 5) is 0. The molecule has 0 radical (unpaired) electrons. The molecule has 1 aliphatic carbocycles. The van der Waals surface area contributed by atoms with E-state index in [1.165, 1.54) is 91.5 Å². The average Bonchev–Trinajstić information content (AvgIpc) is 3.66. The topological polar surface area (TPSA) is 4.93 Å². The Labute approximate surface area is 234 Å². The molecule has 2 heterocycles. The molecule has 2 aromatic heterocycles. The average molecular weight is 524 g/mol. The maximum Gasteiger partial charge on any atom is 0.0553 e. The van der Waals surface area contributed by atoms with E-state index >= 15 is 0 Å². The predicted molar refractivity (Wildman–Crippen MR) is 173 cm³/mol. The van der Waals surface area contributed by atoms with E-state index in [2.05, 4.69) is 132 Å². The second kappa shape index (κ2) is 7.38. The van der Waals surface area contributed by atoms with Crippen LogP contribution in [0.15, 0.2) is 127 Å². The third-order valence-electron chi connectivity index (χ3n) is 8.91.